The largest absolute Gasteiger partial charge is 0.481 e. The fourth-order valence-electron chi connectivity index (χ4n) is 2.07. The molecule has 0 saturated carbocycles. The minimum Gasteiger partial charge on any atom is -0.481 e. The third kappa shape index (κ3) is 5.78. The Morgan fingerprint density at radius 1 is 1.45 bits per heavy atom. The predicted molar refractivity (Wildman–Crippen MR) is 69.1 cm³/mol. The van der Waals surface area contributed by atoms with Gasteiger partial charge in [0.05, 0.1) is 6.42 Å². The SMILES string of the molecule is CN(CCC(=O)O)C(=O)NC1CCCN(CC(F)(F)F)C1=O. The molecule has 1 unspecified atom stereocenters. The highest BCUT2D eigenvalue weighted by Crippen LogP contribution is 2.20. The molecule has 7 nitrogen and oxygen atoms in total. The fourth-order valence-corrected chi connectivity index (χ4v) is 2.07. The molecule has 2 N–H and O–H groups in total. The monoisotopic (exact) mass is 325 g/mol. The second-order valence-electron chi connectivity index (χ2n) is 5.08. The Balaban J connectivity index is 2.55. The molecule has 0 bridgehead atoms. The molecule has 0 radical (unpaired) electrons. The first-order chi connectivity index (χ1) is 10.1. The van der Waals surface area contributed by atoms with Crippen LogP contribution in [0.5, 0.6) is 0 Å². The van der Waals surface area contributed by atoms with E-state index in [1.54, 1.807) is 0 Å². The van der Waals surface area contributed by atoms with E-state index in [2.05, 4.69) is 5.32 Å². The number of hydrogen-bond donors (Lipinski definition) is 2. The van der Waals surface area contributed by atoms with Crippen LogP contribution in [-0.2, 0) is 9.59 Å². The Hall–Kier alpha value is -2.00. The molecule has 1 fully saturated rings. The summed E-state index contributed by atoms with van der Waals surface area (Å²) < 4.78 is 37.1. The van der Waals surface area contributed by atoms with Crippen LogP contribution >= 0.6 is 0 Å². The maximum absolute atomic E-state index is 12.4. The van der Waals surface area contributed by atoms with E-state index in [1.165, 1.54) is 7.05 Å². The summed E-state index contributed by atoms with van der Waals surface area (Å²) in [5.41, 5.74) is 0. The summed E-state index contributed by atoms with van der Waals surface area (Å²) in [6.45, 7) is -1.40. The van der Waals surface area contributed by atoms with Crippen LogP contribution in [0.15, 0.2) is 0 Å². The van der Waals surface area contributed by atoms with Gasteiger partial charge in [-0.25, -0.2) is 4.79 Å². The highest BCUT2D eigenvalue weighted by molar-refractivity contribution is 5.87. The minimum atomic E-state index is -4.49. The third-order valence-electron chi connectivity index (χ3n) is 3.21. The van der Waals surface area contributed by atoms with Gasteiger partial charge in [-0.1, -0.05) is 0 Å². The van der Waals surface area contributed by atoms with Gasteiger partial charge < -0.3 is 20.2 Å². The Bertz CT molecular complexity index is 442. The summed E-state index contributed by atoms with van der Waals surface area (Å²) in [6.07, 6.45) is -4.14. The lowest BCUT2D eigenvalue weighted by molar-refractivity contribution is -0.164. The Kier molecular flexibility index (Phi) is 6.01. The van der Waals surface area contributed by atoms with Crippen LogP contribution in [0.25, 0.3) is 0 Å². The van der Waals surface area contributed by atoms with E-state index in [1.807, 2.05) is 0 Å². The number of carboxylic acids is 1. The molecule has 0 aromatic carbocycles. The second kappa shape index (κ2) is 7.32. The molecule has 1 atom stereocenters. The van der Waals surface area contributed by atoms with Crippen molar-refractivity contribution in [2.45, 2.75) is 31.5 Å². The molecule has 126 valence electrons. The molecule has 1 rings (SSSR count). The molecule has 1 aliphatic heterocycles. The number of halogens is 3. The van der Waals surface area contributed by atoms with Gasteiger partial charge in [0, 0.05) is 20.1 Å². The number of carboxylic acid groups (broad SMARTS) is 1. The Morgan fingerprint density at radius 3 is 2.64 bits per heavy atom. The number of nitrogens with zero attached hydrogens (tertiary/aromatic N) is 2. The van der Waals surface area contributed by atoms with Crippen molar-refractivity contribution >= 4 is 17.9 Å². The number of carbonyl (C=O) groups excluding carboxylic acids is 2. The zero-order chi connectivity index (χ0) is 16.9. The molecule has 0 aromatic rings. The van der Waals surface area contributed by atoms with Crippen molar-refractivity contribution in [1.82, 2.24) is 15.1 Å². The quantitative estimate of drug-likeness (QED) is 0.777. The number of alkyl halides is 3. The van der Waals surface area contributed by atoms with Crippen LogP contribution in [0.2, 0.25) is 0 Å². The van der Waals surface area contributed by atoms with Crippen LogP contribution in [0.3, 0.4) is 0 Å². The van der Waals surface area contributed by atoms with Gasteiger partial charge in [-0.15, -0.1) is 0 Å². The van der Waals surface area contributed by atoms with Crippen molar-refractivity contribution in [1.29, 1.82) is 0 Å². The molecule has 0 aromatic heterocycles. The zero-order valence-corrected chi connectivity index (χ0v) is 12.0. The van der Waals surface area contributed by atoms with Crippen LogP contribution in [0.4, 0.5) is 18.0 Å². The average Bonchev–Trinajstić information content (AvgIpc) is 2.38. The summed E-state index contributed by atoms with van der Waals surface area (Å²) >= 11 is 0. The maximum atomic E-state index is 12.4. The van der Waals surface area contributed by atoms with E-state index >= 15 is 0 Å². The molecule has 0 spiro atoms. The summed E-state index contributed by atoms with van der Waals surface area (Å²) in [5.74, 6) is -1.85. The molecule has 1 heterocycles. The van der Waals surface area contributed by atoms with Crippen LogP contribution in [-0.4, -0.2) is 71.7 Å². The minimum absolute atomic E-state index is 0.000429. The van der Waals surface area contributed by atoms with Gasteiger partial charge in [0.2, 0.25) is 5.91 Å². The van der Waals surface area contributed by atoms with Gasteiger partial charge in [0.15, 0.2) is 0 Å². The average molecular weight is 325 g/mol. The Morgan fingerprint density at radius 2 is 2.09 bits per heavy atom. The molecule has 3 amide bonds. The fraction of sp³-hybridized carbons (Fsp3) is 0.750. The van der Waals surface area contributed by atoms with Gasteiger partial charge >= 0.3 is 18.2 Å². The summed E-state index contributed by atoms with van der Waals surface area (Å²) in [7, 11) is 1.35. The van der Waals surface area contributed by atoms with Gasteiger partial charge in [0.1, 0.15) is 12.6 Å². The van der Waals surface area contributed by atoms with Crippen molar-refractivity contribution < 1.29 is 32.7 Å². The number of urea groups is 1. The smallest absolute Gasteiger partial charge is 0.406 e. The molecule has 1 saturated heterocycles. The molecule has 1 aliphatic rings. The van der Waals surface area contributed by atoms with Crippen molar-refractivity contribution in [3.8, 4) is 0 Å². The number of likely N-dealkylation sites (tertiary alicyclic amines) is 1. The van der Waals surface area contributed by atoms with Gasteiger partial charge in [-0.2, -0.15) is 13.2 Å². The van der Waals surface area contributed by atoms with Gasteiger partial charge in [0.25, 0.3) is 0 Å². The standard InChI is InChI=1S/C12H18F3N3O4/c1-17(6-4-9(19)20)11(22)16-8-3-2-5-18(10(8)21)7-12(13,14)15/h8H,2-7H2,1H3,(H,16,22)(H,19,20). The molecule has 22 heavy (non-hydrogen) atoms. The Labute approximate surface area is 125 Å². The van der Waals surface area contributed by atoms with E-state index < -0.39 is 36.7 Å². The molecular formula is C12H18F3N3O4. The third-order valence-corrected chi connectivity index (χ3v) is 3.21. The summed E-state index contributed by atoms with van der Waals surface area (Å²) in [4.78, 5) is 35.9. The number of amides is 3. The molecular weight excluding hydrogens is 307 g/mol. The van der Waals surface area contributed by atoms with E-state index in [-0.39, 0.29) is 25.9 Å². The number of aliphatic carboxylic acids is 1. The van der Waals surface area contributed by atoms with E-state index in [0.717, 1.165) is 4.90 Å². The lowest BCUT2D eigenvalue weighted by Crippen LogP contribution is -2.56. The van der Waals surface area contributed by atoms with Crippen molar-refractivity contribution in [3.63, 3.8) is 0 Å². The van der Waals surface area contributed by atoms with Gasteiger partial charge in [-0.3, -0.25) is 9.59 Å². The van der Waals surface area contributed by atoms with Crippen molar-refractivity contribution in [2.24, 2.45) is 0 Å². The molecule has 10 heteroatoms. The van der Waals surface area contributed by atoms with Gasteiger partial charge in [-0.05, 0) is 12.8 Å². The number of piperidine rings is 1. The second-order valence-corrected chi connectivity index (χ2v) is 5.08. The number of hydrogen-bond acceptors (Lipinski definition) is 3. The highest BCUT2D eigenvalue weighted by atomic mass is 19.4. The van der Waals surface area contributed by atoms with Crippen molar-refractivity contribution in [2.75, 3.05) is 26.7 Å². The van der Waals surface area contributed by atoms with Crippen LogP contribution in [0.1, 0.15) is 19.3 Å². The van der Waals surface area contributed by atoms with E-state index in [0.29, 0.717) is 11.3 Å². The number of rotatable bonds is 5. The normalized spacial score (nSPS) is 19.0. The van der Waals surface area contributed by atoms with Crippen LogP contribution in [0, 0.1) is 0 Å². The lowest BCUT2D eigenvalue weighted by Gasteiger charge is -2.33. The first-order valence-electron chi connectivity index (χ1n) is 6.69. The first kappa shape index (κ1) is 18.1. The van der Waals surface area contributed by atoms with Crippen molar-refractivity contribution in [3.05, 3.63) is 0 Å². The first-order valence-corrected chi connectivity index (χ1v) is 6.69. The zero-order valence-electron chi connectivity index (χ0n) is 12.0. The number of carbonyl (C=O) groups is 3. The summed E-state index contributed by atoms with van der Waals surface area (Å²) in [6, 6.07) is -1.70. The lowest BCUT2D eigenvalue weighted by atomic mass is 10.0. The maximum Gasteiger partial charge on any atom is 0.406 e. The molecule has 0 aliphatic carbocycles. The topological polar surface area (TPSA) is 89.9 Å². The predicted octanol–water partition coefficient (Wildman–Crippen LogP) is 0.656. The highest BCUT2D eigenvalue weighted by Gasteiger charge is 2.38. The number of nitrogens with one attached hydrogen (secondary N) is 1. The van der Waals surface area contributed by atoms with E-state index in [4.69, 9.17) is 5.11 Å². The summed E-state index contributed by atoms with van der Waals surface area (Å²) in [5, 5.41) is 10.9. The van der Waals surface area contributed by atoms with E-state index in [9.17, 15) is 27.6 Å². The van der Waals surface area contributed by atoms with Crippen LogP contribution < -0.4 is 5.32 Å².